The van der Waals surface area contributed by atoms with Gasteiger partial charge in [0.1, 0.15) is 5.78 Å². The van der Waals surface area contributed by atoms with Crippen molar-refractivity contribution in [2.75, 3.05) is 6.54 Å². The minimum Gasteiger partial charge on any atom is -0.370 e. The number of carbonyl (C=O) groups excluding carboxylic acids is 1. The van der Waals surface area contributed by atoms with Gasteiger partial charge in [-0.2, -0.15) is 0 Å². The van der Waals surface area contributed by atoms with E-state index in [2.05, 4.69) is 5.32 Å². The van der Waals surface area contributed by atoms with E-state index >= 15 is 0 Å². The normalized spacial score (nSPS) is 26.9. The zero-order valence-corrected chi connectivity index (χ0v) is 7.31. The number of rotatable bonds is 4. The summed E-state index contributed by atoms with van der Waals surface area (Å²) in [6.45, 7) is 2.68. The number of nitrogens with two attached hydrogens (primary N) is 1. The standard InChI is InChI=1S/C8H15N3O/c1-8(5-6(8)12)3-2-4-11-7(9)10/h2-5H2,1H3,(H4,9,10,11)/t8-/m0/s1. The van der Waals surface area contributed by atoms with Gasteiger partial charge in [0.25, 0.3) is 0 Å². The first-order valence-corrected chi connectivity index (χ1v) is 4.16. The van der Waals surface area contributed by atoms with Crippen LogP contribution in [-0.4, -0.2) is 18.3 Å². The van der Waals surface area contributed by atoms with Gasteiger partial charge in [0, 0.05) is 18.4 Å². The third-order valence-corrected chi connectivity index (χ3v) is 2.32. The maximum absolute atomic E-state index is 10.8. The molecule has 4 nitrogen and oxygen atoms in total. The van der Waals surface area contributed by atoms with Gasteiger partial charge in [-0.05, 0) is 12.8 Å². The van der Waals surface area contributed by atoms with E-state index in [0.717, 1.165) is 19.3 Å². The van der Waals surface area contributed by atoms with Gasteiger partial charge in [0.2, 0.25) is 0 Å². The van der Waals surface area contributed by atoms with Crippen LogP contribution in [0.3, 0.4) is 0 Å². The summed E-state index contributed by atoms with van der Waals surface area (Å²) in [5.74, 6) is 0.368. The summed E-state index contributed by atoms with van der Waals surface area (Å²) in [6.07, 6.45) is 2.54. The van der Waals surface area contributed by atoms with Gasteiger partial charge in [0.15, 0.2) is 5.96 Å². The summed E-state index contributed by atoms with van der Waals surface area (Å²) in [6, 6.07) is 0. The van der Waals surface area contributed by atoms with Crippen LogP contribution in [0.1, 0.15) is 26.2 Å². The highest BCUT2D eigenvalue weighted by Gasteiger charge is 2.47. The quantitative estimate of drug-likeness (QED) is 0.320. The topological polar surface area (TPSA) is 79.0 Å². The second-order valence-corrected chi connectivity index (χ2v) is 3.60. The summed E-state index contributed by atoms with van der Waals surface area (Å²) in [7, 11) is 0. The number of hydrogen-bond acceptors (Lipinski definition) is 2. The number of guanidine groups is 1. The first-order chi connectivity index (χ1) is 5.54. The molecule has 1 saturated carbocycles. The summed E-state index contributed by atoms with van der Waals surface area (Å²) in [5, 5.41) is 9.59. The van der Waals surface area contributed by atoms with Gasteiger partial charge in [-0.15, -0.1) is 0 Å². The molecular formula is C8H15N3O. The van der Waals surface area contributed by atoms with Gasteiger partial charge in [-0.25, -0.2) is 0 Å². The lowest BCUT2D eigenvalue weighted by Crippen LogP contribution is -2.31. The molecule has 0 aromatic heterocycles. The monoisotopic (exact) mass is 169 g/mol. The summed E-state index contributed by atoms with van der Waals surface area (Å²) < 4.78 is 0. The average Bonchev–Trinajstić information content (AvgIpc) is 2.53. The van der Waals surface area contributed by atoms with E-state index in [1.165, 1.54) is 0 Å². The van der Waals surface area contributed by atoms with E-state index in [4.69, 9.17) is 11.1 Å². The second-order valence-electron chi connectivity index (χ2n) is 3.60. The number of hydrogen-bond donors (Lipinski definition) is 3. The van der Waals surface area contributed by atoms with E-state index in [9.17, 15) is 4.79 Å². The van der Waals surface area contributed by atoms with E-state index in [1.807, 2.05) is 6.92 Å². The Labute approximate surface area is 72.0 Å². The van der Waals surface area contributed by atoms with Gasteiger partial charge in [0.05, 0.1) is 0 Å². The van der Waals surface area contributed by atoms with Crippen LogP contribution in [0.25, 0.3) is 0 Å². The zero-order chi connectivity index (χ0) is 9.19. The molecule has 0 spiro atoms. The molecular weight excluding hydrogens is 154 g/mol. The fourth-order valence-corrected chi connectivity index (χ4v) is 1.24. The molecule has 12 heavy (non-hydrogen) atoms. The molecule has 68 valence electrons. The molecule has 0 heterocycles. The number of carbonyl (C=O) groups is 1. The van der Waals surface area contributed by atoms with E-state index in [1.54, 1.807) is 0 Å². The summed E-state index contributed by atoms with van der Waals surface area (Å²) in [4.78, 5) is 10.8. The van der Waals surface area contributed by atoms with Crippen molar-refractivity contribution in [3.8, 4) is 0 Å². The largest absolute Gasteiger partial charge is 0.370 e. The Hall–Kier alpha value is -1.06. The van der Waals surface area contributed by atoms with Crippen LogP contribution < -0.4 is 11.1 Å². The van der Waals surface area contributed by atoms with Crippen molar-refractivity contribution in [3.63, 3.8) is 0 Å². The smallest absolute Gasteiger partial charge is 0.185 e. The van der Waals surface area contributed by atoms with Crippen molar-refractivity contribution in [2.24, 2.45) is 11.1 Å². The average molecular weight is 169 g/mol. The lowest BCUT2D eigenvalue weighted by atomic mass is 10.0. The van der Waals surface area contributed by atoms with Gasteiger partial charge in [-0.1, -0.05) is 6.92 Å². The highest BCUT2D eigenvalue weighted by molar-refractivity contribution is 6.00. The molecule has 4 N–H and O–H groups in total. The van der Waals surface area contributed by atoms with E-state index < -0.39 is 0 Å². The molecule has 0 aromatic carbocycles. The second kappa shape index (κ2) is 3.13. The summed E-state index contributed by atoms with van der Waals surface area (Å²) >= 11 is 0. The zero-order valence-electron chi connectivity index (χ0n) is 7.31. The van der Waals surface area contributed by atoms with Crippen molar-refractivity contribution in [2.45, 2.75) is 26.2 Å². The highest BCUT2D eigenvalue weighted by Crippen LogP contribution is 2.44. The molecule has 0 unspecified atom stereocenters. The van der Waals surface area contributed by atoms with Crippen molar-refractivity contribution >= 4 is 11.7 Å². The highest BCUT2D eigenvalue weighted by atomic mass is 16.1. The predicted octanol–water partition coefficient (Wildman–Crippen LogP) is 0.229. The molecule has 0 bridgehead atoms. The van der Waals surface area contributed by atoms with Crippen LogP contribution in [0.2, 0.25) is 0 Å². The fraction of sp³-hybridized carbons (Fsp3) is 0.750. The SMILES string of the molecule is C[C@]1(CCCNC(=N)N)CC1=O. The molecule has 0 aliphatic heterocycles. The Morgan fingerprint density at radius 2 is 2.42 bits per heavy atom. The van der Waals surface area contributed by atoms with Crippen LogP contribution in [-0.2, 0) is 4.79 Å². The maximum atomic E-state index is 10.8. The molecule has 0 radical (unpaired) electrons. The van der Waals surface area contributed by atoms with Crippen molar-refractivity contribution < 1.29 is 4.79 Å². The Balaban J connectivity index is 2.04. The van der Waals surface area contributed by atoms with Gasteiger partial charge in [-0.3, -0.25) is 10.2 Å². The molecule has 1 aliphatic carbocycles. The minimum atomic E-state index is -0.0432. The van der Waals surface area contributed by atoms with Gasteiger partial charge >= 0.3 is 0 Å². The van der Waals surface area contributed by atoms with Crippen molar-refractivity contribution in [1.82, 2.24) is 5.32 Å². The Morgan fingerprint density at radius 3 is 2.83 bits per heavy atom. The lowest BCUT2D eigenvalue weighted by Gasteiger charge is -2.06. The van der Waals surface area contributed by atoms with Crippen LogP contribution >= 0.6 is 0 Å². The molecule has 1 aliphatic rings. The Kier molecular flexibility index (Phi) is 2.35. The molecule has 0 amide bonds. The number of Topliss-reactive ketones (excluding diaryl/α,β-unsaturated/α-hetero) is 1. The first kappa shape index (κ1) is 9.03. The van der Waals surface area contributed by atoms with Crippen LogP contribution in [0, 0.1) is 10.8 Å². The van der Waals surface area contributed by atoms with Crippen LogP contribution in [0.5, 0.6) is 0 Å². The van der Waals surface area contributed by atoms with Crippen molar-refractivity contribution in [1.29, 1.82) is 5.41 Å². The number of ketones is 1. The summed E-state index contributed by atoms with van der Waals surface area (Å²) in [5.41, 5.74) is 5.05. The number of nitrogens with one attached hydrogen (secondary N) is 2. The molecule has 1 fully saturated rings. The molecule has 1 rings (SSSR count). The van der Waals surface area contributed by atoms with E-state index in [0.29, 0.717) is 12.3 Å². The molecule has 4 heteroatoms. The van der Waals surface area contributed by atoms with Crippen molar-refractivity contribution in [3.05, 3.63) is 0 Å². The molecule has 0 saturated heterocycles. The Morgan fingerprint density at radius 1 is 1.83 bits per heavy atom. The Bertz CT molecular complexity index is 214. The molecule has 1 atom stereocenters. The third-order valence-electron chi connectivity index (χ3n) is 2.32. The lowest BCUT2D eigenvalue weighted by molar-refractivity contribution is -0.112. The van der Waals surface area contributed by atoms with Crippen LogP contribution in [0.15, 0.2) is 0 Å². The minimum absolute atomic E-state index is 0.00211. The van der Waals surface area contributed by atoms with E-state index in [-0.39, 0.29) is 11.4 Å². The first-order valence-electron chi connectivity index (χ1n) is 4.16. The predicted molar refractivity (Wildman–Crippen MR) is 46.9 cm³/mol. The van der Waals surface area contributed by atoms with Gasteiger partial charge < -0.3 is 11.1 Å². The maximum Gasteiger partial charge on any atom is 0.185 e. The van der Waals surface area contributed by atoms with Crippen LogP contribution in [0.4, 0.5) is 0 Å². The fourth-order valence-electron chi connectivity index (χ4n) is 1.24. The molecule has 0 aromatic rings. The third kappa shape index (κ3) is 2.22.